The number of imidazole rings is 1. The maximum atomic E-state index is 12.4. The van der Waals surface area contributed by atoms with Crippen molar-refractivity contribution in [3.05, 3.63) is 18.2 Å². The van der Waals surface area contributed by atoms with E-state index in [2.05, 4.69) is 20.4 Å². The van der Waals surface area contributed by atoms with Gasteiger partial charge in [-0.2, -0.15) is 0 Å². The first-order valence-electron chi connectivity index (χ1n) is 10.2. The number of nitrogens with one attached hydrogen (secondary N) is 1. The van der Waals surface area contributed by atoms with Crippen LogP contribution in [0.1, 0.15) is 59.7 Å². The van der Waals surface area contributed by atoms with Gasteiger partial charge in [0.15, 0.2) is 0 Å². The molecule has 0 aromatic carbocycles. The molecule has 10 heteroatoms. The predicted octanol–water partition coefficient (Wildman–Crippen LogP) is 2.60. The van der Waals surface area contributed by atoms with Crippen LogP contribution < -0.4 is 5.32 Å². The van der Waals surface area contributed by atoms with Crippen molar-refractivity contribution in [2.24, 2.45) is 0 Å². The molecule has 164 valence electrons. The molecule has 1 amide bonds. The van der Waals surface area contributed by atoms with Crippen molar-refractivity contribution >= 4 is 23.5 Å². The SMILES string of the molecule is CC(=O)O[C@@H]1CN(C(=O)OC(C)(C)C)CC[C@H]1Nc1ncc2cnc(C(C)C)n2n1. The molecule has 1 aliphatic rings. The number of carbonyl (C=O) groups excluding carboxylic acids is 2. The quantitative estimate of drug-likeness (QED) is 0.754. The van der Waals surface area contributed by atoms with Crippen molar-refractivity contribution in [3.63, 3.8) is 0 Å². The minimum atomic E-state index is -0.592. The molecule has 0 saturated carbocycles. The molecule has 2 aromatic heterocycles. The van der Waals surface area contributed by atoms with Gasteiger partial charge in [-0.15, -0.1) is 5.10 Å². The van der Waals surface area contributed by atoms with E-state index in [0.29, 0.717) is 18.9 Å². The second kappa shape index (κ2) is 8.45. The minimum Gasteiger partial charge on any atom is -0.458 e. The van der Waals surface area contributed by atoms with Gasteiger partial charge in [-0.3, -0.25) is 4.79 Å². The summed E-state index contributed by atoms with van der Waals surface area (Å²) < 4.78 is 12.7. The molecule has 1 fully saturated rings. The van der Waals surface area contributed by atoms with Crippen molar-refractivity contribution in [1.82, 2.24) is 24.5 Å². The summed E-state index contributed by atoms with van der Waals surface area (Å²) in [6, 6.07) is -0.240. The summed E-state index contributed by atoms with van der Waals surface area (Å²) in [4.78, 5) is 34.4. The second-order valence-electron chi connectivity index (χ2n) is 8.80. The maximum Gasteiger partial charge on any atom is 0.410 e. The van der Waals surface area contributed by atoms with Crippen molar-refractivity contribution in [3.8, 4) is 0 Å². The van der Waals surface area contributed by atoms with E-state index in [1.165, 1.54) is 6.92 Å². The van der Waals surface area contributed by atoms with E-state index in [0.717, 1.165) is 11.3 Å². The van der Waals surface area contributed by atoms with Gasteiger partial charge >= 0.3 is 12.1 Å². The van der Waals surface area contributed by atoms with E-state index >= 15 is 0 Å². The van der Waals surface area contributed by atoms with Crippen LogP contribution in [0.2, 0.25) is 0 Å². The number of likely N-dealkylation sites (tertiary alicyclic amines) is 1. The Bertz CT molecular complexity index is 920. The normalized spacial score (nSPS) is 19.8. The lowest BCUT2D eigenvalue weighted by molar-refractivity contribution is -0.149. The minimum absolute atomic E-state index is 0.209. The Hall–Kier alpha value is -2.91. The highest BCUT2D eigenvalue weighted by Gasteiger charge is 2.36. The fourth-order valence-corrected chi connectivity index (χ4v) is 3.35. The Balaban J connectivity index is 1.76. The molecule has 2 atom stereocenters. The highest BCUT2D eigenvalue weighted by atomic mass is 16.6. The third kappa shape index (κ3) is 5.17. The van der Waals surface area contributed by atoms with Crippen LogP contribution in [0.4, 0.5) is 10.7 Å². The van der Waals surface area contributed by atoms with E-state index in [-0.39, 0.29) is 18.5 Å². The van der Waals surface area contributed by atoms with Crippen LogP contribution in [-0.4, -0.2) is 67.4 Å². The second-order valence-corrected chi connectivity index (χ2v) is 8.80. The summed E-state index contributed by atoms with van der Waals surface area (Å²) in [7, 11) is 0. The average molecular weight is 418 g/mol. The first kappa shape index (κ1) is 21.8. The monoisotopic (exact) mass is 418 g/mol. The third-order valence-corrected chi connectivity index (χ3v) is 4.66. The van der Waals surface area contributed by atoms with Gasteiger partial charge in [-0.05, 0) is 27.2 Å². The average Bonchev–Trinajstić information content (AvgIpc) is 3.04. The Labute approximate surface area is 176 Å². The van der Waals surface area contributed by atoms with Crippen LogP contribution in [0.5, 0.6) is 0 Å². The van der Waals surface area contributed by atoms with Crippen molar-refractivity contribution in [2.45, 2.75) is 71.6 Å². The van der Waals surface area contributed by atoms with Crippen LogP contribution in [-0.2, 0) is 14.3 Å². The number of esters is 1. The lowest BCUT2D eigenvalue weighted by atomic mass is 10.0. The number of hydrogen-bond donors (Lipinski definition) is 1. The first-order chi connectivity index (χ1) is 14.0. The van der Waals surface area contributed by atoms with Crippen LogP contribution in [0, 0.1) is 0 Å². The summed E-state index contributed by atoms with van der Waals surface area (Å²) in [5, 5.41) is 7.82. The molecule has 3 heterocycles. The maximum absolute atomic E-state index is 12.4. The Morgan fingerprint density at radius 3 is 2.57 bits per heavy atom. The molecule has 3 rings (SSSR count). The van der Waals surface area contributed by atoms with Gasteiger partial charge in [-0.1, -0.05) is 13.8 Å². The van der Waals surface area contributed by atoms with Gasteiger partial charge in [0.2, 0.25) is 5.95 Å². The van der Waals surface area contributed by atoms with Gasteiger partial charge in [-0.25, -0.2) is 19.3 Å². The number of amides is 1. The molecule has 1 N–H and O–H groups in total. The topological polar surface area (TPSA) is 111 Å². The molecule has 30 heavy (non-hydrogen) atoms. The van der Waals surface area contributed by atoms with Gasteiger partial charge in [0.25, 0.3) is 0 Å². The molecule has 1 aliphatic heterocycles. The summed E-state index contributed by atoms with van der Waals surface area (Å²) in [6.45, 7) is 11.6. The number of nitrogens with zero attached hydrogens (tertiary/aromatic N) is 5. The van der Waals surface area contributed by atoms with E-state index in [1.807, 2.05) is 34.6 Å². The van der Waals surface area contributed by atoms with E-state index < -0.39 is 23.8 Å². The van der Waals surface area contributed by atoms with Gasteiger partial charge < -0.3 is 19.7 Å². The van der Waals surface area contributed by atoms with Crippen LogP contribution in [0.15, 0.2) is 12.4 Å². The lowest BCUT2D eigenvalue weighted by Gasteiger charge is -2.38. The molecule has 2 aromatic rings. The highest BCUT2D eigenvalue weighted by Crippen LogP contribution is 2.21. The number of ether oxygens (including phenoxy) is 2. The Kier molecular flexibility index (Phi) is 6.14. The van der Waals surface area contributed by atoms with E-state index in [9.17, 15) is 9.59 Å². The zero-order valence-corrected chi connectivity index (χ0v) is 18.4. The number of carbonyl (C=O) groups is 2. The van der Waals surface area contributed by atoms with Gasteiger partial charge in [0, 0.05) is 19.4 Å². The first-order valence-corrected chi connectivity index (χ1v) is 10.2. The molecule has 10 nitrogen and oxygen atoms in total. The zero-order valence-electron chi connectivity index (χ0n) is 18.4. The van der Waals surface area contributed by atoms with E-state index in [4.69, 9.17) is 9.47 Å². The number of rotatable bonds is 4. The van der Waals surface area contributed by atoms with Crippen LogP contribution in [0.3, 0.4) is 0 Å². The molecule has 0 unspecified atom stereocenters. The largest absolute Gasteiger partial charge is 0.458 e. The molecule has 1 saturated heterocycles. The Morgan fingerprint density at radius 1 is 1.23 bits per heavy atom. The fourth-order valence-electron chi connectivity index (χ4n) is 3.35. The number of anilines is 1. The molecule has 0 radical (unpaired) electrons. The van der Waals surface area contributed by atoms with Crippen molar-refractivity contribution in [1.29, 1.82) is 0 Å². The lowest BCUT2D eigenvalue weighted by Crippen LogP contribution is -2.54. The molecule has 0 bridgehead atoms. The zero-order chi connectivity index (χ0) is 22.1. The van der Waals surface area contributed by atoms with Crippen molar-refractivity contribution < 1.29 is 19.1 Å². The van der Waals surface area contributed by atoms with Gasteiger partial charge in [0.05, 0.1) is 25.0 Å². The number of aromatic nitrogens is 4. The Morgan fingerprint density at radius 2 is 1.93 bits per heavy atom. The van der Waals surface area contributed by atoms with Crippen LogP contribution in [0.25, 0.3) is 5.52 Å². The van der Waals surface area contributed by atoms with Crippen molar-refractivity contribution in [2.75, 3.05) is 18.4 Å². The highest BCUT2D eigenvalue weighted by molar-refractivity contribution is 5.69. The molecular formula is C20H30N6O4. The summed E-state index contributed by atoms with van der Waals surface area (Å²) in [6.07, 6.45) is 3.02. The molecule has 0 aliphatic carbocycles. The molecular weight excluding hydrogens is 388 g/mol. The third-order valence-electron chi connectivity index (χ3n) is 4.66. The number of piperidine rings is 1. The molecule has 0 spiro atoms. The predicted molar refractivity (Wildman–Crippen MR) is 110 cm³/mol. The van der Waals surface area contributed by atoms with Crippen LogP contribution >= 0.6 is 0 Å². The van der Waals surface area contributed by atoms with Gasteiger partial charge in [0.1, 0.15) is 23.0 Å². The number of fused-ring (bicyclic) bond motifs is 1. The van der Waals surface area contributed by atoms with E-state index in [1.54, 1.807) is 21.8 Å². The summed E-state index contributed by atoms with van der Waals surface area (Å²) in [5.74, 6) is 1.05. The summed E-state index contributed by atoms with van der Waals surface area (Å²) in [5.41, 5.74) is 0.214. The fraction of sp³-hybridized carbons (Fsp3) is 0.650. The summed E-state index contributed by atoms with van der Waals surface area (Å²) >= 11 is 0. The number of hydrogen-bond acceptors (Lipinski definition) is 8. The standard InChI is InChI=1S/C20H30N6O4/c1-12(2)17-21-9-14-10-22-18(24-26(14)17)23-15-7-8-25(11-16(15)29-13(3)27)19(28)30-20(4,5)6/h9-10,12,15-16H,7-8,11H2,1-6H3,(H,23,24)/t15-,16-/m1/s1. The smallest absolute Gasteiger partial charge is 0.410 e.